The first-order valence-corrected chi connectivity index (χ1v) is 6.85. The number of primary amides is 1. The molecule has 7 nitrogen and oxygen atoms in total. The Kier molecular flexibility index (Phi) is 4.13. The molecule has 1 aliphatic carbocycles. The van der Waals surface area contributed by atoms with Crippen LogP contribution in [-0.4, -0.2) is 41.9 Å². The first-order chi connectivity index (χ1) is 9.85. The summed E-state index contributed by atoms with van der Waals surface area (Å²) in [5.74, 6) is -0.598. The van der Waals surface area contributed by atoms with Gasteiger partial charge in [0.15, 0.2) is 0 Å². The summed E-state index contributed by atoms with van der Waals surface area (Å²) in [6.45, 7) is 0.600. The van der Waals surface area contributed by atoms with Gasteiger partial charge in [-0.1, -0.05) is 0 Å². The summed E-state index contributed by atoms with van der Waals surface area (Å²) in [4.78, 5) is 24.0. The molecule has 0 atom stereocenters. The highest BCUT2D eigenvalue weighted by Crippen LogP contribution is 2.37. The minimum atomic E-state index is -0.598. The highest BCUT2D eigenvalue weighted by atomic mass is 16.6. The number of hydrogen-bond donors (Lipinski definition) is 2. The van der Waals surface area contributed by atoms with Gasteiger partial charge in [0.25, 0.3) is 5.69 Å². The molecule has 3 N–H and O–H groups in total. The molecule has 7 heteroatoms. The Hall–Kier alpha value is -2.15. The van der Waals surface area contributed by atoms with Crippen LogP contribution in [0.3, 0.4) is 0 Å². The Bertz CT molecular complexity index is 567. The molecule has 2 rings (SSSR count). The molecule has 0 spiro atoms. The standard InChI is InChI=1S/C14H20N4O3/c1-17(2)14(6-3-7-14)9-16-11-8-10(13(15)19)4-5-12(11)18(20)21/h4-5,8,16H,3,6-7,9H2,1-2H3,(H2,15,19). The van der Waals surface area contributed by atoms with Gasteiger partial charge >= 0.3 is 0 Å². The Morgan fingerprint density at radius 1 is 1.48 bits per heavy atom. The third-order valence-corrected chi connectivity index (χ3v) is 4.32. The number of nitrogens with zero attached hydrogens (tertiary/aromatic N) is 2. The molecule has 114 valence electrons. The summed E-state index contributed by atoms with van der Waals surface area (Å²) < 4.78 is 0. The van der Waals surface area contributed by atoms with E-state index in [0.29, 0.717) is 12.2 Å². The normalized spacial score (nSPS) is 16.3. The highest BCUT2D eigenvalue weighted by molar-refractivity contribution is 5.94. The Morgan fingerprint density at radius 3 is 2.57 bits per heavy atom. The van der Waals surface area contributed by atoms with Gasteiger partial charge in [-0.2, -0.15) is 0 Å². The molecular formula is C14H20N4O3. The lowest BCUT2D eigenvalue weighted by molar-refractivity contribution is -0.384. The average molecular weight is 292 g/mol. The lowest BCUT2D eigenvalue weighted by Crippen LogP contribution is -2.54. The number of anilines is 1. The van der Waals surface area contributed by atoms with Crippen LogP contribution in [0.25, 0.3) is 0 Å². The molecule has 1 aromatic rings. The van der Waals surface area contributed by atoms with Crippen molar-refractivity contribution in [3.8, 4) is 0 Å². The van der Waals surface area contributed by atoms with Crippen molar-refractivity contribution in [2.45, 2.75) is 24.8 Å². The lowest BCUT2D eigenvalue weighted by atomic mass is 9.75. The van der Waals surface area contributed by atoms with Gasteiger partial charge in [0.1, 0.15) is 5.69 Å². The third kappa shape index (κ3) is 2.97. The number of nitro groups is 1. The van der Waals surface area contributed by atoms with E-state index in [1.54, 1.807) is 0 Å². The molecule has 0 aromatic heterocycles. The second-order valence-corrected chi connectivity index (χ2v) is 5.68. The van der Waals surface area contributed by atoms with E-state index < -0.39 is 10.8 Å². The van der Waals surface area contributed by atoms with Crippen LogP contribution in [0.5, 0.6) is 0 Å². The molecule has 21 heavy (non-hydrogen) atoms. The number of rotatable bonds is 6. The smallest absolute Gasteiger partial charge is 0.292 e. The molecule has 1 saturated carbocycles. The Morgan fingerprint density at radius 2 is 2.14 bits per heavy atom. The zero-order chi connectivity index (χ0) is 15.6. The van der Waals surface area contributed by atoms with E-state index in [1.807, 2.05) is 14.1 Å². The number of nitrogens with two attached hydrogens (primary N) is 1. The first-order valence-electron chi connectivity index (χ1n) is 6.85. The second kappa shape index (κ2) is 5.69. The Labute approximate surface area is 123 Å². The fraction of sp³-hybridized carbons (Fsp3) is 0.500. The van der Waals surface area contributed by atoms with Crippen LogP contribution >= 0.6 is 0 Å². The fourth-order valence-electron chi connectivity index (χ4n) is 2.62. The van der Waals surface area contributed by atoms with Gasteiger partial charge in [-0.3, -0.25) is 14.9 Å². The maximum absolute atomic E-state index is 11.2. The van der Waals surface area contributed by atoms with Crippen molar-refractivity contribution in [3.63, 3.8) is 0 Å². The van der Waals surface area contributed by atoms with Crippen molar-refractivity contribution in [2.24, 2.45) is 5.73 Å². The van der Waals surface area contributed by atoms with Crippen molar-refractivity contribution in [1.82, 2.24) is 4.90 Å². The number of carbonyl (C=O) groups is 1. The predicted octanol–water partition coefficient (Wildman–Crippen LogP) is 1.59. The van der Waals surface area contributed by atoms with Gasteiger partial charge in [-0.15, -0.1) is 0 Å². The fourth-order valence-corrected chi connectivity index (χ4v) is 2.62. The maximum atomic E-state index is 11.2. The maximum Gasteiger partial charge on any atom is 0.292 e. The van der Waals surface area contributed by atoms with Gasteiger partial charge in [-0.25, -0.2) is 0 Å². The number of likely N-dealkylation sites (N-methyl/N-ethyl adjacent to an activating group) is 1. The van der Waals surface area contributed by atoms with Crippen molar-refractivity contribution in [3.05, 3.63) is 33.9 Å². The van der Waals surface area contributed by atoms with E-state index in [-0.39, 0.29) is 16.8 Å². The summed E-state index contributed by atoms with van der Waals surface area (Å²) in [5, 5.41) is 14.2. The van der Waals surface area contributed by atoms with Crippen molar-refractivity contribution < 1.29 is 9.72 Å². The Balaban J connectivity index is 2.23. The van der Waals surface area contributed by atoms with Gasteiger partial charge < -0.3 is 16.0 Å². The summed E-state index contributed by atoms with van der Waals surface area (Å²) in [7, 11) is 4.02. The topological polar surface area (TPSA) is 102 Å². The predicted molar refractivity (Wildman–Crippen MR) is 80.4 cm³/mol. The molecule has 0 heterocycles. The second-order valence-electron chi connectivity index (χ2n) is 5.68. The number of carbonyl (C=O) groups excluding carboxylic acids is 1. The van der Waals surface area contributed by atoms with Crippen LogP contribution in [0, 0.1) is 10.1 Å². The van der Waals surface area contributed by atoms with E-state index in [0.717, 1.165) is 19.3 Å². The number of amides is 1. The van der Waals surface area contributed by atoms with E-state index in [1.165, 1.54) is 18.2 Å². The molecule has 0 radical (unpaired) electrons. The van der Waals surface area contributed by atoms with Crippen LogP contribution < -0.4 is 11.1 Å². The molecule has 1 fully saturated rings. The number of hydrogen-bond acceptors (Lipinski definition) is 5. The summed E-state index contributed by atoms with van der Waals surface area (Å²) in [5.41, 5.74) is 5.81. The largest absolute Gasteiger partial charge is 0.378 e. The lowest BCUT2D eigenvalue weighted by Gasteiger charge is -2.47. The van der Waals surface area contributed by atoms with Crippen molar-refractivity contribution in [2.75, 3.05) is 26.0 Å². The third-order valence-electron chi connectivity index (χ3n) is 4.32. The SMILES string of the molecule is CN(C)C1(CNc2cc(C(N)=O)ccc2[N+](=O)[O-])CCC1. The quantitative estimate of drug-likeness (QED) is 0.612. The van der Waals surface area contributed by atoms with Gasteiger partial charge in [0.05, 0.1) is 4.92 Å². The monoisotopic (exact) mass is 292 g/mol. The number of nitro benzene ring substituents is 1. The number of benzene rings is 1. The highest BCUT2D eigenvalue weighted by Gasteiger charge is 2.39. The van der Waals surface area contributed by atoms with Crippen LogP contribution in [0.4, 0.5) is 11.4 Å². The molecule has 0 unspecified atom stereocenters. The summed E-state index contributed by atoms with van der Waals surface area (Å²) in [6.07, 6.45) is 3.26. The minimum absolute atomic E-state index is 0.0244. The molecule has 1 aliphatic rings. The van der Waals surface area contributed by atoms with Crippen LogP contribution in [0.15, 0.2) is 18.2 Å². The van der Waals surface area contributed by atoms with Crippen molar-refractivity contribution >= 4 is 17.3 Å². The van der Waals surface area contributed by atoms with E-state index in [9.17, 15) is 14.9 Å². The minimum Gasteiger partial charge on any atom is -0.378 e. The zero-order valence-corrected chi connectivity index (χ0v) is 12.3. The summed E-state index contributed by atoms with van der Waals surface area (Å²) >= 11 is 0. The first kappa shape index (κ1) is 15.2. The van der Waals surface area contributed by atoms with Gasteiger partial charge in [-0.05, 0) is 45.5 Å². The number of nitrogens with one attached hydrogen (secondary N) is 1. The van der Waals surface area contributed by atoms with E-state index in [2.05, 4.69) is 10.2 Å². The van der Waals surface area contributed by atoms with Crippen LogP contribution in [0.2, 0.25) is 0 Å². The zero-order valence-electron chi connectivity index (χ0n) is 12.3. The molecule has 0 bridgehead atoms. The molecule has 0 saturated heterocycles. The van der Waals surface area contributed by atoms with Crippen LogP contribution in [0.1, 0.15) is 29.6 Å². The van der Waals surface area contributed by atoms with Crippen molar-refractivity contribution in [1.29, 1.82) is 0 Å². The molecular weight excluding hydrogens is 272 g/mol. The molecule has 1 amide bonds. The summed E-state index contributed by atoms with van der Waals surface area (Å²) in [6, 6.07) is 4.13. The van der Waals surface area contributed by atoms with Crippen LogP contribution in [-0.2, 0) is 0 Å². The van der Waals surface area contributed by atoms with Gasteiger partial charge in [0.2, 0.25) is 5.91 Å². The molecule has 1 aromatic carbocycles. The van der Waals surface area contributed by atoms with E-state index >= 15 is 0 Å². The molecule has 0 aliphatic heterocycles. The van der Waals surface area contributed by atoms with Gasteiger partial charge in [0, 0.05) is 23.7 Å². The average Bonchev–Trinajstić information content (AvgIpc) is 2.36. The van der Waals surface area contributed by atoms with E-state index in [4.69, 9.17) is 5.73 Å².